The van der Waals surface area contributed by atoms with Crippen LogP contribution in [0.5, 0.6) is 11.5 Å². The Morgan fingerprint density at radius 2 is 1.81 bits per heavy atom. The van der Waals surface area contributed by atoms with Crippen LogP contribution in [0.2, 0.25) is 0 Å². The summed E-state index contributed by atoms with van der Waals surface area (Å²) in [5.41, 5.74) is 0.431. The van der Waals surface area contributed by atoms with Crippen molar-refractivity contribution < 1.29 is 19.1 Å². The highest BCUT2D eigenvalue weighted by molar-refractivity contribution is 7.17. The minimum absolute atomic E-state index is 0.0881. The van der Waals surface area contributed by atoms with Crippen LogP contribution in [-0.4, -0.2) is 45.7 Å². The Hall–Kier alpha value is -3.60. The number of benzene rings is 1. The van der Waals surface area contributed by atoms with E-state index in [4.69, 9.17) is 9.47 Å². The molecule has 2 amide bonds. The summed E-state index contributed by atoms with van der Waals surface area (Å²) in [5.74, 6) is 0.996. The van der Waals surface area contributed by atoms with Gasteiger partial charge in [0.25, 0.3) is 5.56 Å². The molecule has 11 heteroatoms. The van der Waals surface area contributed by atoms with Gasteiger partial charge in [-0.15, -0.1) is 11.3 Å². The van der Waals surface area contributed by atoms with Crippen molar-refractivity contribution in [2.45, 2.75) is 59.2 Å². The fraction of sp³-hybridized carbons (Fsp3) is 0.462. The van der Waals surface area contributed by atoms with Gasteiger partial charge in [0.05, 0.1) is 5.52 Å². The van der Waals surface area contributed by atoms with Gasteiger partial charge in [0.2, 0.25) is 18.6 Å². The Balaban J connectivity index is 1.41. The van der Waals surface area contributed by atoms with Crippen LogP contribution < -0.4 is 26.0 Å². The number of nitrogens with one attached hydrogen (secondary N) is 1. The Labute approximate surface area is 218 Å². The van der Waals surface area contributed by atoms with Crippen LogP contribution >= 0.6 is 11.3 Å². The smallest absolute Gasteiger partial charge is 0.332 e. The molecule has 3 aromatic rings. The number of thiophene rings is 1. The number of hydrogen-bond acceptors (Lipinski definition) is 7. The summed E-state index contributed by atoms with van der Waals surface area (Å²) < 4.78 is 13.6. The predicted octanol–water partition coefficient (Wildman–Crippen LogP) is 2.70. The van der Waals surface area contributed by atoms with E-state index in [1.165, 1.54) is 15.9 Å². The van der Waals surface area contributed by atoms with Gasteiger partial charge in [0, 0.05) is 32.6 Å². The molecule has 198 valence electrons. The zero-order valence-corrected chi connectivity index (χ0v) is 22.0. The number of aromatic nitrogens is 2. The molecule has 0 unspecified atom stereocenters. The first kappa shape index (κ1) is 26.5. The van der Waals surface area contributed by atoms with Crippen LogP contribution in [0.3, 0.4) is 0 Å². The largest absolute Gasteiger partial charge is 0.454 e. The van der Waals surface area contributed by atoms with Gasteiger partial charge in [0.15, 0.2) is 11.5 Å². The molecular weight excluding hydrogens is 496 g/mol. The molecule has 4 rings (SSSR count). The monoisotopic (exact) mass is 528 g/mol. The molecule has 0 saturated heterocycles. The van der Waals surface area contributed by atoms with E-state index in [9.17, 15) is 19.2 Å². The van der Waals surface area contributed by atoms with Crippen molar-refractivity contribution in [1.82, 2.24) is 19.4 Å². The molecule has 3 heterocycles. The first-order valence-corrected chi connectivity index (χ1v) is 13.4. The molecule has 10 nitrogen and oxygen atoms in total. The summed E-state index contributed by atoms with van der Waals surface area (Å²) in [6, 6.07) is 7.18. The number of carbonyl (C=O) groups excluding carboxylic acids is 2. The lowest BCUT2D eigenvalue weighted by atomic mass is 10.2. The molecule has 0 atom stereocenters. The summed E-state index contributed by atoms with van der Waals surface area (Å²) in [6.07, 6.45) is 2.11. The maximum atomic E-state index is 13.3. The molecule has 1 aliphatic heterocycles. The number of hydrogen-bond donors (Lipinski definition) is 1. The van der Waals surface area contributed by atoms with Crippen LogP contribution in [-0.2, 0) is 29.2 Å². The van der Waals surface area contributed by atoms with E-state index in [2.05, 4.69) is 5.32 Å². The molecule has 0 saturated carbocycles. The third-order valence-electron chi connectivity index (χ3n) is 6.18. The van der Waals surface area contributed by atoms with Crippen LogP contribution in [0.25, 0.3) is 10.2 Å². The number of fused-ring (bicyclic) bond motifs is 2. The number of rotatable bonds is 12. The van der Waals surface area contributed by atoms with Gasteiger partial charge in [-0.1, -0.05) is 19.9 Å². The first-order chi connectivity index (χ1) is 17.9. The number of nitrogens with zero attached hydrogens (tertiary/aromatic N) is 3. The maximum absolute atomic E-state index is 13.3. The van der Waals surface area contributed by atoms with Gasteiger partial charge in [0.1, 0.15) is 11.2 Å². The predicted molar refractivity (Wildman–Crippen MR) is 141 cm³/mol. The van der Waals surface area contributed by atoms with Crippen LogP contribution in [0.4, 0.5) is 0 Å². The second kappa shape index (κ2) is 12.1. The Morgan fingerprint density at radius 3 is 2.57 bits per heavy atom. The topological polar surface area (TPSA) is 112 Å². The number of amides is 2. The van der Waals surface area contributed by atoms with Crippen molar-refractivity contribution in [3.8, 4) is 11.5 Å². The second-order valence-electron chi connectivity index (χ2n) is 8.91. The van der Waals surface area contributed by atoms with Gasteiger partial charge in [-0.3, -0.25) is 23.5 Å². The van der Waals surface area contributed by atoms with E-state index in [0.29, 0.717) is 47.8 Å². The van der Waals surface area contributed by atoms with Crippen molar-refractivity contribution in [2.24, 2.45) is 0 Å². The third kappa shape index (κ3) is 6.04. The van der Waals surface area contributed by atoms with Gasteiger partial charge >= 0.3 is 5.69 Å². The average molecular weight is 529 g/mol. The summed E-state index contributed by atoms with van der Waals surface area (Å²) >= 11 is 1.24. The van der Waals surface area contributed by atoms with Crippen molar-refractivity contribution in [3.05, 3.63) is 56.0 Å². The van der Waals surface area contributed by atoms with Gasteiger partial charge in [-0.05, 0) is 48.4 Å². The summed E-state index contributed by atoms with van der Waals surface area (Å²) in [6.45, 7) is 5.73. The second-order valence-corrected chi connectivity index (χ2v) is 9.83. The molecule has 0 radical (unpaired) electrons. The Kier molecular flexibility index (Phi) is 8.65. The third-order valence-corrected chi connectivity index (χ3v) is 7.07. The fourth-order valence-corrected chi connectivity index (χ4v) is 5.20. The van der Waals surface area contributed by atoms with Crippen molar-refractivity contribution >= 4 is 33.4 Å². The highest BCUT2D eigenvalue weighted by Crippen LogP contribution is 2.32. The molecule has 0 aliphatic carbocycles. The van der Waals surface area contributed by atoms with Crippen molar-refractivity contribution in [3.63, 3.8) is 0 Å². The molecule has 1 aliphatic rings. The minimum atomic E-state index is -0.530. The SMILES string of the molecule is CCCN(CCC)C(=O)Cn1c(=O)n(CCCC(=O)NCc2ccc3c(c2)OCO3)c(=O)c2sccc21. The average Bonchev–Trinajstić information content (AvgIpc) is 3.56. The molecule has 1 N–H and O–H groups in total. The molecule has 37 heavy (non-hydrogen) atoms. The highest BCUT2D eigenvalue weighted by Gasteiger charge is 2.19. The molecular formula is C26H32N4O6S. The van der Waals surface area contributed by atoms with Gasteiger partial charge < -0.3 is 19.7 Å². The van der Waals surface area contributed by atoms with Crippen LogP contribution in [0, 0.1) is 0 Å². The lowest BCUT2D eigenvalue weighted by Gasteiger charge is -2.22. The van der Waals surface area contributed by atoms with E-state index in [1.54, 1.807) is 22.4 Å². The molecule has 2 aromatic heterocycles. The lowest BCUT2D eigenvalue weighted by Crippen LogP contribution is -2.43. The fourth-order valence-electron chi connectivity index (χ4n) is 4.36. The lowest BCUT2D eigenvalue weighted by molar-refractivity contribution is -0.132. The van der Waals surface area contributed by atoms with Crippen LogP contribution in [0.1, 0.15) is 45.1 Å². The number of ether oxygens (including phenoxy) is 2. The quantitative estimate of drug-likeness (QED) is 0.387. The minimum Gasteiger partial charge on any atom is -0.454 e. The van der Waals surface area contributed by atoms with E-state index in [0.717, 1.165) is 23.0 Å². The van der Waals surface area contributed by atoms with E-state index in [-0.39, 0.29) is 38.1 Å². The number of carbonyl (C=O) groups is 2. The zero-order chi connectivity index (χ0) is 26.4. The van der Waals surface area contributed by atoms with E-state index < -0.39 is 11.2 Å². The van der Waals surface area contributed by atoms with Crippen molar-refractivity contribution in [1.29, 1.82) is 0 Å². The molecule has 0 fully saturated rings. The standard InChI is InChI=1S/C26H32N4O6S/c1-3-10-28(11-4-2)23(32)16-30-19-9-13-37-24(19)25(33)29(26(30)34)12-5-6-22(31)27-15-18-7-8-20-21(14-18)36-17-35-20/h7-9,13-14H,3-6,10-12,15-17H2,1-2H3,(H,27,31). The highest BCUT2D eigenvalue weighted by atomic mass is 32.1. The molecule has 0 spiro atoms. The van der Waals surface area contributed by atoms with Gasteiger partial charge in [-0.2, -0.15) is 0 Å². The summed E-state index contributed by atoms with van der Waals surface area (Å²) in [4.78, 5) is 53.4. The Morgan fingerprint density at radius 1 is 1.05 bits per heavy atom. The maximum Gasteiger partial charge on any atom is 0.332 e. The van der Waals surface area contributed by atoms with Crippen molar-refractivity contribution in [2.75, 3.05) is 19.9 Å². The van der Waals surface area contributed by atoms with E-state index >= 15 is 0 Å². The normalized spacial score (nSPS) is 12.2. The Bertz CT molecular complexity index is 1390. The molecule has 1 aromatic carbocycles. The van der Waals surface area contributed by atoms with Gasteiger partial charge in [-0.25, -0.2) is 4.79 Å². The van der Waals surface area contributed by atoms with Crippen LogP contribution in [0.15, 0.2) is 39.2 Å². The van der Waals surface area contributed by atoms with E-state index in [1.807, 2.05) is 26.0 Å². The first-order valence-electron chi connectivity index (χ1n) is 12.6. The summed E-state index contributed by atoms with van der Waals surface area (Å²) in [7, 11) is 0. The zero-order valence-electron chi connectivity index (χ0n) is 21.2. The molecule has 0 bridgehead atoms. The summed E-state index contributed by atoms with van der Waals surface area (Å²) in [5, 5.41) is 4.60.